The van der Waals surface area contributed by atoms with E-state index in [-0.39, 0.29) is 0 Å². The van der Waals surface area contributed by atoms with Crippen molar-refractivity contribution in [3.8, 4) is 17.6 Å². The van der Waals surface area contributed by atoms with Crippen LogP contribution in [0.3, 0.4) is 0 Å². The smallest absolute Gasteiger partial charge is 0.150 e. The van der Waals surface area contributed by atoms with Crippen molar-refractivity contribution < 1.29 is 4.74 Å². The first-order valence-electron chi connectivity index (χ1n) is 5.34. The molecule has 0 aliphatic carbocycles. The highest BCUT2D eigenvalue weighted by molar-refractivity contribution is 9.10. The van der Waals surface area contributed by atoms with Crippen LogP contribution in [-0.2, 0) is 0 Å². The molecule has 0 amide bonds. The molecule has 2 N–H and O–H groups in total. The van der Waals surface area contributed by atoms with E-state index >= 15 is 0 Å². The average Bonchev–Trinajstić information content (AvgIpc) is 2.34. The fraction of sp³-hybridized carbons (Fsp3) is 0.0714. The number of anilines is 1. The third-order valence-corrected chi connectivity index (χ3v) is 3.07. The first kappa shape index (κ1) is 12.5. The molecule has 0 spiro atoms. The molecule has 2 aromatic carbocycles. The van der Waals surface area contributed by atoms with Crippen LogP contribution in [0.2, 0.25) is 0 Å². The van der Waals surface area contributed by atoms with Crippen molar-refractivity contribution in [3.63, 3.8) is 0 Å². The monoisotopic (exact) mass is 302 g/mol. The van der Waals surface area contributed by atoms with Gasteiger partial charge in [0.05, 0.1) is 21.8 Å². The molecule has 0 heterocycles. The van der Waals surface area contributed by atoms with Gasteiger partial charge in [0, 0.05) is 0 Å². The number of nitrogen functional groups attached to an aromatic ring is 1. The molecule has 2 aromatic rings. The van der Waals surface area contributed by atoms with E-state index in [1.807, 2.05) is 25.1 Å². The van der Waals surface area contributed by atoms with Crippen LogP contribution in [0.5, 0.6) is 11.5 Å². The first-order chi connectivity index (χ1) is 8.60. The predicted molar refractivity (Wildman–Crippen MR) is 74.5 cm³/mol. The van der Waals surface area contributed by atoms with Gasteiger partial charge < -0.3 is 10.5 Å². The zero-order valence-corrected chi connectivity index (χ0v) is 11.4. The Morgan fingerprint density at radius 3 is 2.50 bits per heavy atom. The Balaban J connectivity index is 2.32. The molecule has 3 nitrogen and oxygen atoms in total. The number of aryl methyl sites for hydroxylation is 1. The van der Waals surface area contributed by atoms with Crippen LogP contribution in [0.15, 0.2) is 40.9 Å². The Kier molecular flexibility index (Phi) is 3.54. The predicted octanol–water partition coefficient (Wildman–Crippen LogP) is 4.00. The highest BCUT2D eigenvalue weighted by atomic mass is 79.9. The van der Waals surface area contributed by atoms with Gasteiger partial charge in [0.1, 0.15) is 11.5 Å². The lowest BCUT2D eigenvalue weighted by Gasteiger charge is -2.10. The summed E-state index contributed by atoms with van der Waals surface area (Å²) >= 11 is 3.37. The summed E-state index contributed by atoms with van der Waals surface area (Å²) in [6.07, 6.45) is 0. The maximum Gasteiger partial charge on any atom is 0.150 e. The summed E-state index contributed by atoms with van der Waals surface area (Å²) in [6, 6.07) is 12.8. The molecule has 0 atom stereocenters. The molecule has 0 aliphatic heterocycles. The number of nitrogens with two attached hydrogens (primary N) is 1. The van der Waals surface area contributed by atoms with Crippen LogP contribution in [-0.4, -0.2) is 0 Å². The first-order valence-corrected chi connectivity index (χ1v) is 6.13. The van der Waals surface area contributed by atoms with Crippen molar-refractivity contribution >= 4 is 21.6 Å². The van der Waals surface area contributed by atoms with Crippen LogP contribution in [0.4, 0.5) is 5.69 Å². The van der Waals surface area contributed by atoms with Crippen molar-refractivity contribution in [3.05, 3.63) is 52.0 Å². The molecule has 2 rings (SSSR count). The molecule has 0 radical (unpaired) electrons. The summed E-state index contributed by atoms with van der Waals surface area (Å²) < 4.78 is 6.44. The van der Waals surface area contributed by atoms with Gasteiger partial charge in [0.15, 0.2) is 0 Å². The van der Waals surface area contributed by atoms with Crippen LogP contribution in [0.1, 0.15) is 11.1 Å². The van der Waals surface area contributed by atoms with Gasteiger partial charge in [-0.1, -0.05) is 6.07 Å². The highest BCUT2D eigenvalue weighted by Crippen LogP contribution is 2.33. The minimum Gasteiger partial charge on any atom is -0.454 e. The number of nitrogens with zero attached hydrogens (tertiary/aromatic N) is 1. The Morgan fingerprint density at radius 1 is 1.17 bits per heavy atom. The van der Waals surface area contributed by atoms with Crippen molar-refractivity contribution in [1.82, 2.24) is 0 Å². The molecule has 4 heteroatoms. The highest BCUT2D eigenvalue weighted by Gasteiger charge is 2.06. The van der Waals surface area contributed by atoms with Gasteiger partial charge in [0.2, 0.25) is 0 Å². The molecule has 0 saturated carbocycles. The normalized spacial score (nSPS) is 9.83. The van der Waals surface area contributed by atoms with E-state index in [2.05, 4.69) is 22.0 Å². The number of halogens is 1. The van der Waals surface area contributed by atoms with Crippen LogP contribution in [0, 0.1) is 18.3 Å². The topological polar surface area (TPSA) is 59.0 Å². The fourth-order valence-corrected chi connectivity index (χ4v) is 1.99. The number of rotatable bonds is 2. The molecular weight excluding hydrogens is 292 g/mol. The van der Waals surface area contributed by atoms with Crippen molar-refractivity contribution in [2.24, 2.45) is 0 Å². The molecule has 0 unspecified atom stereocenters. The average molecular weight is 303 g/mol. The second-order valence-corrected chi connectivity index (χ2v) is 4.75. The lowest BCUT2D eigenvalue weighted by atomic mass is 10.2. The van der Waals surface area contributed by atoms with Gasteiger partial charge in [-0.25, -0.2) is 0 Å². The summed E-state index contributed by atoms with van der Waals surface area (Å²) in [4.78, 5) is 0. The van der Waals surface area contributed by atoms with E-state index in [1.54, 1.807) is 18.2 Å². The number of nitriles is 1. The lowest BCUT2D eigenvalue weighted by Crippen LogP contribution is -1.93. The summed E-state index contributed by atoms with van der Waals surface area (Å²) in [5.74, 6) is 1.23. The Morgan fingerprint density at radius 2 is 1.89 bits per heavy atom. The van der Waals surface area contributed by atoms with Crippen molar-refractivity contribution in [1.29, 1.82) is 5.26 Å². The molecule has 0 fully saturated rings. The fourth-order valence-electron chi connectivity index (χ4n) is 1.53. The van der Waals surface area contributed by atoms with Crippen LogP contribution >= 0.6 is 15.9 Å². The number of benzene rings is 2. The summed E-state index contributed by atoms with van der Waals surface area (Å²) in [5.41, 5.74) is 8.13. The second kappa shape index (κ2) is 5.11. The summed E-state index contributed by atoms with van der Waals surface area (Å²) in [5, 5.41) is 8.79. The molecule has 0 bridgehead atoms. The quantitative estimate of drug-likeness (QED) is 0.853. The Bertz CT molecular complexity index is 632. The molecule has 90 valence electrons. The summed E-state index contributed by atoms with van der Waals surface area (Å²) in [6.45, 7) is 1.97. The van der Waals surface area contributed by atoms with E-state index < -0.39 is 0 Å². The minimum atomic E-state index is 0.575. The number of ether oxygens (including phenoxy) is 1. The van der Waals surface area contributed by atoms with Crippen LogP contribution < -0.4 is 10.5 Å². The van der Waals surface area contributed by atoms with E-state index in [4.69, 9.17) is 15.7 Å². The molecular formula is C14H11BrN2O. The van der Waals surface area contributed by atoms with Crippen molar-refractivity contribution in [2.75, 3.05) is 5.73 Å². The van der Waals surface area contributed by atoms with E-state index in [0.29, 0.717) is 22.7 Å². The number of hydrogen-bond donors (Lipinski definition) is 1. The SMILES string of the molecule is Cc1ccc(Oc2ccc(C#N)cc2Br)c(N)c1. The standard InChI is InChI=1S/C14H11BrN2O/c1-9-2-4-14(12(17)6-9)18-13-5-3-10(8-16)7-11(13)15/h2-7H,17H2,1H3. The zero-order chi connectivity index (χ0) is 13.1. The zero-order valence-electron chi connectivity index (χ0n) is 9.77. The van der Waals surface area contributed by atoms with Gasteiger partial charge in [-0.05, 0) is 58.7 Å². The van der Waals surface area contributed by atoms with E-state index in [0.717, 1.165) is 10.0 Å². The third kappa shape index (κ3) is 2.63. The van der Waals surface area contributed by atoms with Gasteiger partial charge in [-0.15, -0.1) is 0 Å². The molecule has 0 saturated heterocycles. The maximum atomic E-state index is 8.79. The summed E-state index contributed by atoms with van der Waals surface area (Å²) in [7, 11) is 0. The largest absolute Gasteiger partial charge is 0.454 e. The lowest BCUT2D eigenvalue weighted by molar-refractivity contribution is 0.482. The van der Waals surface area contributed by atoms with Crippen LogP contribution in [0.25, 0.3) is 0 Å². The molecule has 18 heavy (non-hydrogen) atoms. The Hall–Kier alpha value is -1.99. The van der Waals surface area contributed by atoms with Gasteiger partial charge in [-0.3, -0.25) is 0 Å². The Labute approximate surface area is 114 Å². The molecule has 0 aromatic heterocycles. The van der Waals surface area contributed by atoms with Gasteiger partial charge in [-0.2, -0.15) is 5.26 Å². The van der Waals surface area contributed by atoms with Gasteiger partial charge >= 0.3 is 0 Å². The maximum absolute atomic E-state index is 8.79. The number of hydrogen-bond acceptors (Lipinski definition) is 3. The van der Waals surface area contributed by atoms with E-state index in [1.165, 1.54) is 0 Å². The molecule has 0 aliphatic rings. The van der Waals surface area contributed by atoms with Gasteiger partial charge in [0.25, 0.3) is 0 Å². The van der Waals surface area contributed by atoms with Crippen molar-refractivity contribution in [2.45, 2.75) is 6.92 Å². The minimum absolute atomic E-state index is 0.575. The van der Waals surface area contributed by atoms with E-state index in [9.17, 15) is 0 Å². The second-order valence-electron chi connectivity index (χ2n) is 3.90. The third-order valence-electron chi connectivity index (χ3n) is 2.45.